The number of hydrogen-bond donors (Lipinski definition) is 1. The minimum Gasteiger partial charge on any atom is -0.323 e. The van der Waals surface area contributed by atoms with E-state index in [1.165, 1.54) is 0 Å². The molecule has 0 radical (unpaired) electrons. The van der Waals surface area contributed by atoms with Crippen LogP contribution in [0.3, 0.4) is 0 Å². The Balaban J connectivity index is 1.72. The van der Waals surface area contributed by atoms with Crippen molar-refractivity contribution in [2.24, 2.45) is 0 Å². The number of benzene rings is 2. The average molecular weight is 316 g/mol. The van der Waals surface area contributed by atoms with Crippen LogP contribution in [0.2, 0.25) is 0 Å². The van der Waals surface area contributed by atoms with E-state index in [1.54, 1.807) is 6.20 Å². The normalized spacial score (nSPS) is 16.2. The van der Waals surface area contributed by atoms with Crippen molar-refractivity contribution in [3.05, 3.63) is 72.4 Å². The third-order valence-electron chi connectivity index (χ3n) is 5.10. The number of anilines is 1. The highest BCUT2D eigenvalue weighted by atomic mass is 16.2. The summed E-state index contributed by atoms with van der Waals surface area (Å²) in [6, 6.07) is 20.0. The Morgan fingerprint density at radius 2 is 1.67 bits per heavy atom. The summed E-state index contributed by atoms with van der Waals surface area (Å²) in [4.78, 5) is 17.7. The first-order valence-electron chi connectivity index (χ1n) is 8.50. The second kappa shape index (κ2) is 6.08. The Kier molecular flexibility index (Phi) is 3.77. The first kappa shape index (κ1) is 14.9. The lowest BCUT2D eigenvalue weighted by molar-refractivity contribution is -0.121. The summed E-state index contributed by atoms with van der Waals surface area (Å²) in [6.07, 6.45) is 5.76. The summed E-state index contributed by atoms with van der Waals surface area (Å²) in [7, 11) is 0. The van der Waals surface area contributed by atoms with Crippen LogP contribution in [0.5, 0.6) is 0 Å². The Labute approximate surface area is 141 Å². The van der Waals surface area contributed by atoms with E-state index >= 15 is 0 Å². The molecule has 0 aliphatic heterocycles. The lowest BCUT2D eigenvalue weighted by atomic mass is 9.78. The topological polar surface area (TPSA) is 42.0 Å². The quantitative estimate of drug-likeness (QED) is 0.762. The van der Waals surface area contributed by atoms with E-state index in [1.807, 2.05) is 48.5 Å². The molecule has 3 nitrogen and oxygen atoms in total. The van der Waals surface area contributed by atoms with E-state index in [-0.39, 0.29) is 5.91 Å². The molecule has 1 aliphatic carbocycles. The molecule has 1 N–H and O–H groups in total. The van der Waals surface area contributed by atoms with Crippen LogP contribution >= 0.6 is 0 Å². The zero-order valence-electron chi connectivity index (χ0n) is 13.5. The van der Waals surface area contributed by atoms with Crippen LogP contribution in [-0.2, 0) is 10.2 Å². The van der Waals surface area contributed by atoms with Gasteiger partial charge in [-0.25, -0.2) is 0 Å². The summed E-state index contributed by atoms with van der Waals surface area (Å²) in [6.45, 7) is 0. The summed E-state index contributed by atoms with van der Waals surface area (Å²) in [5.41, 5.74) is 2.33. The fourth-order valence-corrected chi connectivity index (χ4v) is 3.83. The highest BCUT2D eigenvalue weighted by Crippen LogP contribution is 2.42. The smallest absolute Gasteiger partial charge is 0.235 e. The average Bonchev–Trinajstić information content (AvgIpc) is 3.14. The van der Waals surface area contributed by atoms with E-state index in [0.717, 1.165) is 47.8 Å². The van der Waals surface area contributed by atoms with Gasteiger partial charge in [-0.3, -0.25) is 9.78 Å². The highest BCUT2D eigenvalue weighted by molar-refractivity contribution is 6.04. The molecule has 4 rings (SSSR count). The number of para-hydroxylation sites is 1. The zero-order chi connectivity index (χ0) is 16.4. The molecule has 120 valence electrons. The Morgan fingerprint density at radius 1 is 0.917 bits per heavy atom. The molecule has 0 spiro atoms. The standard InChI is InChI=1S/C21H20N2O/c24-20(21(13-4-5-14-21)17-10-2-1-3-11-17)23-18-12-6-8-16-9-7-15-22-19(16)18/h1-3,6-12,15H,4-5,13-14H2,(H,23,24). The van der Waals surface area contributed by atoms with Gasteiger partial charge in [0.25, 0.3) is 0 Å². The first-order chi connectivity index (χ1) is 11.8. The zero-order valence-corrected chi connectivity index (χ0v) is 13.5. The van der Waals surface area contributed by atoms with Crippen molar-refractivity contribution in [2.45, 2.75) is 31.1 Å². The van der Waals surface area contributed by atoms with Crippen molar-refractivity contribution in [1.29, 1.82) is 0 Å². The molecule has 3 heteroatoms. The molecular formula is C21H20N2O. The molecule has 0 atom stereocenters. The van der Waals surface area contributed by atoms with Crippen molar-refractivity contribution >= 4 is 22.5 Å². The molecule has 24 heavy (non-hydrogen) atoms. The van der Waals surface area contributed by atoms with Crippen molar-refractivity contribution in [3.63, 3.8) is 0 Å². The molecule has 1 fully saturated rings. The van der Waals surface area contributed by atoms with Gasteiger partial charge in [-0.2, -0.15) is 0 Å². The maximum absolute atomic E-state index is 13.2. The second-order valence-electron chi connectivity index (χ2n) is 6.49. The number of hydrogen-bond acceptors (Lipinski definition) is 2. The van der Waals surface area contributed by atoms with Crippen LogP contribution < -0.4 is 5.32 Å². The van der Waals surface area contributed by atoms with Crippen LogP contribution in [0.15, 0.2) is 66.9 Å². The number of nitrogens with one attached hydrogen (secondary N) is 1. The summed E-state index contributed by atoms with van der Waals surface area (Å²) >= 11 is 0. The molecule has 1 saturated carbocycles. The lowest BCUT2D eigenvalue weighted by Gasteiger charge is -2.28. The number of aromatic nitrogens is 1. The lowest BCUT2D eigenvalue weighted by Crippen LogP contribution is -2.38. The van der Waals surface area contributed by atoms with E-state index in [0.29, 0.717) is 0 Å². The van der Waals surface area contributed by atoms with Gasteiger partial charge in [-0.05, 0) is 30.5 Å². The SMILES string of the molecule is O=C(Nc1cccc2cccnc12)C1(c2ccccc2)CCCC1. The van der Waals surface area contributed by atoms with Crippen molar-refractivity contribution in [2.75, 3.05) is 5.32 Å². The number of nitrogens with zero attached hydrogens (tertiary/aromatic N) is 1. The van der Waals surface area contributed by atoms with Gasteiger partial charge in [0.2, 0.25) is 5.91 Å². The predicted octanol–water partition coefficient (Wildman–Crippen LogP) is 4.69. The van der Waals surface area contributed by atoms with E-state index < -0.39 is 5.41 Å². The second-order valence-corrected chi connectivity index (χ2v) is 6.49. The van der Waals surface area contributed by atoms with Gasteiger partial charge in [-0.1, -0.05) is 61.4 Å². The molecular weight excluding hydrogens is 296 g/mol. The summed E-state index contributed by atoms with van der Waals surface area (Å²) in [5.74, 6) is 0.0874. The highest BCUT2D eigenvalue weighted by Gasteiger charge is 2.42. The van der Waals surface area contributed by atoms with Crippen LogP contribution in [0, 0.1) is 0 Å². The van der Waals surface area contributed by atoms with Crippen LogP contribution in [0.25, 0.3) is 10.9 Å². The Morgan fingerprint density at radius 3 is 2.46 bits per heavy atom. The molecule has 1 aromatic heterocycles. The molecule has 3 aromatic rings. The number of carbonyl (C=O) groups excluding carboxylic acids is 1. The molecule has 2 aromatic carbocycles. The van der Waals surface area contributed by atoms with Gasteiger partial charge >= 0.3 is 0 Å². The van der Waals surface area contributed by atoms with E-state index in [4.69, 9.17) is 0 Å². The van der Waals surface area contributed by atoms with Crippen LogP contribution in [-0.4, -0.2) is 10.9 Å². The fourth-order valence-electron chi connectivity index (χ4n) is 3.83. The van der Waals surface area contributed by atoms with Crippen molar-refractivity contribution < 1.29 is 4.79 Å². The number of amides is 1. The predicted molar refractivity (Wildman–Crippen MR) is 97.0 cm³/mol. The summed E-state index contributed by atoms with van der Waals surface area (Å²) in [5, 5.41) is 4.20. The van der Waals surface area contributed by atoms with Gasteiger partial charge in [0.1, 0.15) is 0 Å². The minimum atomic E-state index is -0.418. The Bertz CT molecular complexity index is 862. The van der Waals surface area contributed by atoms with E-state index in [2.05, 4.69) is 22.4 Å². The largest absolute Gasteiger partial charge is 0.323 e. The molecule has 1 heterocycles. The van der Waals surface area contributed by atoms with Crippen molar-refractivity contribution in [3.8, 4) is 0 Å². The number of fused-ring (bicyclic) bond motifs is 1. The molecule has 0 bridgehead atoms. The van der Waals surface area contributed by atoms with Gasteiger partial charge in [0.15, 0.2) is 0 Å². The van der Waals surface area contributed by atoms with Gasteiger partial charge in [0, 0.05) is 11.6 Å². The number of rotatable bonds is 3. The third-order valence-corrected chi connectivity index (χ3v) is 5.10. The monoisotopic (exact) mass is 316 g/mol. The molecule has 0 saturated heterocycles. The maximum atomic E-state index is 13.2. The first-order valence-corrected chi connectivity index (χ1v) is 8.50. The molecule has 1 aliphatic rings. The van der Waals surface area contributed by atoms with Crippen molar-refractivity contribution in [1.82, 2.24) is 4.98 Å². The number of carbonyl (C=O) groups is 1. The van der Waals surface area contributed by atoms with Crippen LogP contribution in [0.4, 0.5) is 5.69 Å². The van der Waals surface area contributed by atoms with Gasteiger partial charge < -0.3 is 5.32 Å². The number of pyridine rings is 1. The molecule has 0 unspecified atom stereocenters. The minimum absolute atomic E-state index is 0.0874. The summed E-state index contributed by atoms with van der Waals surface area (Å²) < 4.78 is 0. The van der Waals surface area contributed by atoms with Gasteiger partial charge in [-0.15, -0.1) is 0 Å². The van der Waals surface area contributed by atoms with Gasteiger partial charge in [0.05, 0.1) is 16.6 Å². The maximum Gasteiger partial charge on any atom is 0.235 e. The Hall–Kier alpha value is -2.68. The van der Waals surface area contributed by atoms with E-state index in [9.17, 15) is 4.79 Å². The molecule has 1 amide bonds. The third kappa shape index (κ3) is 2.46. The fraction of sp³-hybridized carbons (Fsp3) is 0.238. The van der Waals surface area contributed by atoms with Crippen LogP contribution in [0.1, 0.15) is 31.2 Å².